The predicted octanol–water partition coefficient (Wildman–Crippen LogP) is 2.55. The maximum atomic E-state index is 12.2. The number of hydrogen-bond donors (Lipinski definition) is 1. The van der Waals surface area contributed by atoms with Gasteiger partial charge in [0.2, 0.25) is 5.91 Å². The molecule has 1 fully saturated rings. The molecule has 1 saturated heterocycles. The molecule has 6 heteroatoms. The molecule has 1 amide bonds. The monoisotopic (exact) mass is 319 g/mol. The van der Waals surface area contributed by atoms with E-state index in [0.29, 0.717) is 24.1 Å². The highest BCUT2D eigenvalue weighted by Gasteiger charge is 2.17. The number of thiophene rings is 1. The van der Waals surface area contributed by atoms with E-state index in [9.17, 15) is 9.59 Å². The van der Waals surface area contributed by atoms with Crippen LogP contribution >= 0.6 is 11.3 Å². The molecule has 0 radical (unpaired) electrons. The van der Waals surface area contributed by atoms with Gasteiger partial charge in [0.1, 0.15) is 10.7 Å². The number of hydrogen-bond acceptors (Lipinski definition) is 4. The first kappa shape index (κ1) is 15.2. The van der Waals surface area contributed by atoms with Crippen LogP contribution < -0.4 is 5.56 Å². The Labute approximate surface area is 133 Å². The average molecular weight is 319 g/mol. The van der Waals surface area contributed by atoms with Gasteiger partial charge in [0.05, 0.1) is 5.39 Å². The Balaban J connectivity index is 1.74. The van der Waals surface area contributed by atoms with Crippen LogP contribution in [0.4, 0.5) is 0 Å². The molecule has 1 N–H and O–H groups in total. The summed E-state index contributed by atoms with van der Waals surface area (Å²) in [5.74, 6) is 0.782. The number of aromatic amines is 1. The molecule has 1 aliphatic heterocycles. The van der Waals surface area contributed by atoms with Crippen molar-refractivity contribution < 1.29 is 4.79 Å². The molecule has 0 bridgehead atoms. The summed E-state index contributed by atoms with van der Waals surface area (Å²) in [6, 6.07) is 0. The number of nitrogens with zero attached hydrogens (tertiary/aromatic N) is 2. The van der Waals surface area contributed by atoms with Crippen LogP contribution in [0, 0.1) is 13.8 Å². The van der Waals surface area contributed by atoms with Crippen molar-refractivity contribution in [1.29, 1.82) is 0 Å². The zero-order chi connectivity index (χ0) is 15.7. The van der Waals surface area contributed by atoms with E-state index in [-0.39, 0.29) is 11.5 Å². The Bertz CT molecular complexity index is 757. The molecule has 3 rings (SSSR count). The molecule has 0 saturated carbocycles. The summed E-state index contributed by atoms with van der Waals surface area (Å²) in [5.41, 5.74) is 0.914. The fraction of sp³-hybridized carbons (Fsp3) is 0.562. The van der Waals surface area contributed by atoms with Crippen molar-refractivity contribution in [2.24, 2.45) is 0 Å². The third-order valence-electron chi connectivity index (χ3n) is 4.37. The van der Waals surface area contributed by atoms with Crippen LogP contribution in [0.1, 0.15) is 41.9 Å². The van der Waals surface area contributed by atoms with E-state index in [0.717, 1.165) is 41.2 Å². The Hall–Kier alpha value is -1.69. The Morgan fingerprint density at radius 3 is 2.73 bits per heavy atom. The molecule has 22 heavy (non-hydrogen) atoms. The summed E-state index contributed by atoms with van der Waals surface area (Å²) >= 11 is 1.54. The first-order valence-corrected chi connectivity index (χ1v) is 8.64. The molecule has 0 aliphatic carbocycles. The van der Waals surface area contributed by atoms with Crippen LogP contribution in [-0.4, -0.2) is 33.9 Å². The van der Waals surface area contributed by atoms with Gasteiger partial charge in [-0.2, -0.15) is 0 Å². The number of carbonyl (C=O) groups is 1. The van der Waals surface area contributed by atoms with Gasteiger partial charge in [-0.15, -0.1) is 11.3 Å². The molecule has 3 heterocycles. The first-order valence-electron chi connectivity index (χ1n) is 7.83. The van der Waals surface area contributed by atoms with Gasteiger partial charge in [0, 0.05) is 30.8 Å². The van der Waals surface area contributed by atoms with E-state index >= 15 is 0 Å². The van der Waals surface area contributed by atoms with E-state index in [2.05, 4.69) is 9.97 Å². The quantitative estimate of drug-likeness (QED) is 0.945. The number of piperidine rings is 1. The highest BCUT2D eigenvalue weighted by molar-refractivity contribution is 7.18. The van der Waals surface area contributed by atoms with Gasteiger partial charge in [-0.25, -0.2) is 4.98 Å². The van der Waals surface area contributed by atoms with Gasteiger partial charge in [-0.1, -0.05) is 0 Å². The predicted molar refractivity (Wildman–Crippen MR) is 88.5 cm³/mol. The minimum absolute atomic E-state index is 0.0905. The van der Waals surface area contributed by atoms with Gasteiger partial charge >= 0.3 is 0 Å². The van der Waals surface area contributed by atoms with Crippen molar-refractivity contribution in [1.82, 2.24) is 14.9 Å². The molecular formula is C16H21N3O2S. The van der Waals surface area contributed by atoms with E-state index < -0.39 is 0 Å². The van der Waals surface area contributed by atoms with Crippen molar-refractivity contribution in [3.8, 4) is 0 Å². The van der Waals surface area contributed by atoms with E-state index in [1.54, 1.807) is 11.3 Å². The van der Waals surface area contributed by atoms with Crippen molar-refractivity contribution >= 4 is 27.5 Å². The molecule has 5 nitrogen and oxygen atoms in total. The fourth-order valence-corrected chi connectivity index (χ4v) is 3.99. The van der Waals surface area contributed by atoms with Crippen molar-refractivity contribution in [2.75, 3.05) is 13.1 Å². The smallest absolute Gasteiger partial charge is 0.259 e. The lowest BCUT2D eigenvalue weighted by atomic mass is 10.1. The summed E-state index contributed by atoms with van der Waals surface area (Å²) in [7, 11) is 0. The second-order valence-electron chi connectivity index (χ2n) is 5.92. The van der Waals surface area contributed by atoms with Crippen LogP contribution in [0.25, 0.3) is 10.2 Å². The Morgan fingerprint density at radius 2 is 2.00 bits per heavy atom. The van der Waals surface area contributed by atoms with Gasteiger partial charge in [0.15, 0.2) is 0 Å². The van der Waals surface area contributed by atoms with Crippen LogP contribution in [0.15, 0.2) is 4.79 Å². The van der Waals surface area contributed by atoms with Gasteiger partial charge < -0.3 is 9.88 Å². The summed E-state index contributed by atoms with van der Waals surface area (Å²) in [5, 5.41) is 0.689. The molecule has 1 aliphatic rings. The highest BCUT2D eigenvalue weighted by Crippen LogP contribution is 2.25. The summed E-state index contributed by atoms with van der Waals surface area (Å²) in [4.78, 5) is 35.6. The van der Waals surface area contributed by atoms with Gasteiger partial charge in [-0.3, -0.25) is 9.59 Å². The number of amides is 1. The maximum Gasteiger partial charge on any atom is 0.259 e. The van der Waals surface area contributed by atoms with E-state index in [1.807, 2.05) is 18.7 Å². The minimum Gasteiger partial charge on any atom is -0.343 e. The van der Waals surface area contributed by atoms with Crippen LogP contribution in [0.5, 0.6) is 0 Å². The van der Waals surface area contributed by atoms with E-state index in [1.165, 1.54) is 6.42 Å². The number of nitrogens with one attached hydrogen (secondary N) is 1. The van der Waals surface area contributed by atoms with Crippen LogP contribution in [-0.2, 0) is 11.2 Å². The third kappa shape index (κ3) is 2.92. The van der Waals surface area contributed by atoms with Crippen molar-refractivity contribution in [3.05, 3.63) is 26.6 Å². The highest BCUT2D eigenvalue weighted by atomic mass is 32.1. The van der Waals surface area contributed by atoms with Crippen molar-refractivity contribution in [3.63, 3.8) is 0 Å². The Morgan fingerprint density at radius 1 is 1.27 bits per heavy atom. The van der Waals surface area contributed by atoms with Crippen LogP contribution in [0.3, 0.4) is 0 Å². The zero-order valence-corrected chi connectivity index (χ0v) is 13.9. The second kappa shape index (κ2) is 6.20. The normalized spacial score (nSPS) is 15.5. The Kier molecular flexibility index (Phi) is 4.29. The van der Waals surface area contributed by atoms with Gasteiger partial charge in [-0.05, 0) is 38.7 Å². The lowest BCUT2D eigenvalue weighted by molar-refractivity contribution is -0.132. The maximum absolute atomic E-state index is 12.2. The number of aryl methyl sites for hydroxylation is 3. The standard InChI is InChI=1S/C16H21N3O2S/c1-10-11(2)22-16-14(10)15(21)17-12(18-16)6-7-13(20)19-8-4-3-5-9-19/h3-9H2,1-2H3,(H,17,18,21). The first-order chi connectivity index (χ1) is 10.6. The summed E-state index contributed by atoms with van der Waals surface area (Å²) in [6.45, 7) is 5.68. The molecule has 0 unspecified atom stereocenters. The molecule has 2 aromatic rings. The summed E-state index contributed by atoms with van der Waals surface area (Å²) < 4.78 is 0. The third-order valence-corrected chi connectivity index (χ3v) is 5.47. The number of carbonyl (C=O) groups excluding carboxylic acids is 1. The molecule has 0 spiro atoms. The topological polar surface area (TPSA) is 66.1 Å². The van der Waals surface area contributed by atoms with Crippen LogP contribution in [0.2, 0.25) is 0 Å². The SMILES string of the molecule is Cc1sc2nc(CCC(=O)N3CCCCC3)[nH]c(=O)c2c1C. The average Bonchev–Trinajstić information content (AvgIpc) is 2.81. The lowest BCUT2D eigenvalue weighted by Gasteiger charge is -2.26. The molecule has 2 aromatic heterocycles. The number of aromatic nitrogens is 2. The second-order valence-corrected chi connectivity index (χ2v) is 7.12. The van der Waals surface area contributed by atoms with E-state index in [4.69, 9.17) is 0 Å². The fourth-order valence-electron chi connectivity index (χ4n) is 2.94. The minimum atomic E-state index is -0.0905. The zero-order valence-electron chi connectivity index (χ0n) is 13.1. The lowest BCUT2D eigenvalue weighted by Crippen LogP contribution is -2.35. The summed E-state index contributed by atoms with van der Waals surface area (Å²) in [6.07, 6.45) is 4.32. The largest absolute Gasteiger partial charge is 0.343 e. The number of rotatable bonds is 3. The number of H-pyrrole nitrogens is 1. The number of fused-ring (bicyclic) bond motifs is 1. The molecule has 0 atom stereocenters. The molecule has 0 aromatic carbocycles. The van der Waals surface area contributed by atoms with Gasteiger partial charge in [0.25, 0.3) is 5.56 Å². The number of likely N-dealkylation sites (tertiary alicyclic amines) is 1. The molecule has 118 valence electrons. The van der Waals surface area contributed by atoms with Crippen molar-refractivity contribution in [2.45, 2.75) is 46.0 Å². The molecular weight excluding hydrogens is 298 g/mol.